The van der Waals surface area contributed by atoms with Gasteiger partial charge in [0.05, 0.1) is 12.3 Å². The summed E-state index contributed by atoms with van der Waals surface area (Å²) in [7, 11) is 1.71. The first-order valence-corrected chi connectivity index (χ1v) is 7.16. The van der Waals surface area contributed by atoms with Crippen LogP contribution in [0.5, 0.6) is 0 Å². The molecule has 0 amide bonds. The lowest BCUT2D eigenvalue weighted by molar-refractivity contribution is 0.203. The summed E-state index contributed by atoms with van der Waals surface area (Å²) in [6.45, 7) is 12.9. The van der Waals surface area contributed by atoms with E-state index in [1.54, 1.807) is 7.11 Å². The molecule has 0 unspecified atom stereocenters. The summed E-state index contributed by atoms with van der Waals surface area (Å²) in [6, 6.07) is 4.43. The van der Waals surface area contributed by atoms with E-state index in [4.69, 9.17) is 4.74 Å². The molecule has 1 aromatic heterocycles. The van der Waals surface area contributed by atoms with Gasteiger partial charge in [0.1, 0.15) is 0 Å². The molecule has 114 valence electrons. The lowest BCUT2D eigenvalue weighted by Crippen LogP contribution is -2.36. The first kappa shape index (κ1) is 16.9. The third-order valence-electron chi connectivity index (χ3n) is 2.96. The number of aromatic nitrogens is 2. The Morgan fingerprint density at radius 1 is 1.25 bits per heavy atom. The van der Waals surface area contributed by atoms with E-state index in [1.165, 1.54) is 0 Å². The highest BCUT2D eigenvalue weighted by molar-refractivity contribution is 5.38. The molecule has 0 aliphatic rings. The van der Waals surface area contributed by atoms with E-state index in [0.29, 0.717) is 12.6 Å². The molecule has 1 aromatic rings. The maximum atomic E-state index is 5.14. The zero-order valence-corrected chi connectivity index (χ0v) is 13.6. The van der Waals surface area contributed by atoms with Crippen LogP contribution in [0.15, 0.2) is 12.1 Å². The lowest BCUT2D eigenvalue weighted by atomic mass is 10.1. The largest absolute Gasteiger partial charge is 0.383 e. The Morgan fingerprint density at radius 2 is 1.95 bits per heavy atom. The third-order valence-corrected chi connectivity index (χ3v) is 2.96. The highest BCUT2D eigenvalue weighted by Crippen LogP contribution is 2.13. The van der Waals surface area contributed by atoms with E-state index >= 15 is 0 Å². The van der Waals surface area contributed by atoms with Gasteiger partial charge in [-0.15, -0.1) is 5.10 Å². The van der Waals surface area contributed by atoms with Gasteiger partial charge in [-0.05, 0) is 46.8 Å². The molecule has 0 aromatic carbocycles. The van der Waals surface area contributed by atoms with E-state index in [0.717, 1.165) is 24.6 Å². The van der Waals surface area contributed by atoms with Gasteiger partial charge in [-0.2, -0.15) is 5.10 Å². The minimum absolute atomic E-state index is 0.0861. The lowest BCUT2D eigenvalue weighted by Gasteiger charge is -2.27. The van der Waals surface area contributed by atoms with Crippen LogP contribution in [0.2, 0.25) is 0 Å². The van der Waals surface area contributed by atoms with Gasteiger partial charge in [-0.3, -0.25) is 0 Å². The fourth-order valence-electron chi connectivity index (χ4n) is 1.78. The van der Waals surface area contributed by atoms with Gasteiger partial charge in [0.2, 0.25) is 0 Å². The van der Waals surface area contributed by atoms with Crippen LogP contribution in [0.25, 0.3) is 0 Å². The number of anilines is 1. The topological polar surface area (TPSA) is 50.3 Å². The fourth-order valence-corrected chi connectivity index (χ4v) is 1.78. The molecule has 0 saturated heterocycles. The van der Waals surface area contributed by atoms with Crippen molar-refractivity contribution in [3.05, 3.63) is 17.8 Å². The number of ether oxygens (including phenoxy) is 1. The average Bonchev–Trinajstić information content (AvgIpc) is 2.37. The second-order valence-electron chi connectivity index (χ2n) is 6.27. The Hall–Kier alpha value is -1.20. The predicted molar refractivity (Wildman–Crippen MR) is 83.0 cm³/mol. The molecule has 0 aliphatic heterocycles. The van der Waals surface area contributed by atoms with Gasteiger partial charge in [0, 0.05) is 31.8 Å². The summed E-state index contributed by atoms with van der Waals surface area (Å²) in [5.41, 5.74) is 1.04. The van der Waals surface area contributed by atoms with Crippen molar-refractivity contribution in [2.45, 2.75) is 52.7 Å². The molecule has 0 atom stereocenters. The second-order valence-corrected chi connectivity index (χ2v) is 6.27. The highest BCUT2D eigenvalue weighted by Gasteiger charge is 2.13. The smallest absolute Gasteiger partial charge is 0.151 e. The molecule has 0 spiro atoms. The Bertz CT molecular complexity index is 384. The standard InChI is InChI=1S/C15H28N4O/c1-12(2)19(9-10-20-6)14-8-7-13(17-18-14)11-16-15(3,4)5/h7-8,12,16H,9-11H2,1-6H3. The molecular weight excluding hydrogens is 252 g/mol. The second kappa shape index (κ2) is 7.55. The van der Waals surface area contributed by atoms with Crippen molar-refractivity contribution in [1.29, 1.82) is 0 Å². The average molecular weight is 280 g/mol. The van der Waals surface area contributed by atoms with Gasteiger partial charge in [-0.25, -0.2) is 0 Å². The zero-order valence-electron chi connectivity index (χ0n) is 13.6. The molecule has 0 bridgehead atoms. The maximum absolute atomic E-state index is 5.14. The summed E-state index contributed by atoms with van der Waals surface area (Å²) in [5.74, 6) is 0.900. The van der Waals surface area contributed by atoms with Crippen molar-refractivity contribution in [3.8, 4) is 0 Å². The van der Waals surface area contributed by atoms with Gasteiger partial charge in [-0.1, -0.05) is 0 Å². The highest BCUT2D eigenvalue weighted by atomic mass is 16.5. The zero-order chi connectivity index (χ0) is 15.2. The van der Waals surface area contributed by atoms with Gasteiger partial charge < -0.3 is 15.0 Å². The molecule has 0 radical (unpaired) electrons. The van der Waals surface area contributed by atoms with Gasteiger partial charge >= 0.3 is 0 Å². The number of nitrogens with zero attached hydrogens (tertiary/aromatic N) is 3. The number of hydrogen-bond donors (Lipinski definition) is 1. The Labute approximate surface area is 122 Å². The van der Waals surface area contributed by atoms with Crippen molar-refractivity contribution < 1.29 is 4.74 Å². The van der Waals surface area contributed by atoms with Gasteiger partial charge in [0.25, 0.3) is 0 Å². The van der Waals surface area contributed by atoms with Crippen molar-refractivity contribution in [2.24, 2.45) is 0 Å². The quantitative estimate of drug-likeness (QED) is 0.830. The molecule has 20 heavy (non-hydrogen) atoms. The predicted octanol–water partition coefficient (Wildman–Crippen LogP) is 2.23. The van der Waals surface area contributed by atoms with E-state index < -0.39 is 0 Å². The Morgan fingerprint density at radius 3 is 2.40 bits per heavy atom. The van der Waals surface area contributed by atoms with Crippen molar-refractivity contribution >= 4 is 5.82 Å². The summed E-state index contributed by atoms with van der Waals surface area (Å²) in [5, 5.41) is 12.0. The molecular formula is C15H28N4O. The molecule has 1 heterocycles. The normalized spacial score (nSPS) is 11.9. The summed E-state index contributed by atoms with van der Waals surface area (Å²) < 4.78 is 5.14. The maximum Gasteiger partial charge on any atom is 0.151 e. The van der Waals surface area contributed by atoms with Crippen LogP contribution in [0.1, 0.15) is 40.3 Å². The Kier molecular flexibility index (Phi) is 6.36. The Balaban J connectivity index is 2.68. The SMILES string of the molecule is COCCN(c1ccc(CNC(C)(C)C)nn1)C(C)C. The summed E-state index contributed by atoms with van der Waals surface area (Å²) in [6.07, 6.45) is 0. The van der Waals surface area contributed by atoms with Crippen LogP contribution in [-0.2, 0) is 11.3 Å². The minimum atomic E-state index is 0.0861. The minimum Gasteiger partial charge on any atom is -0.383 e. The van der Waals surface area contributed by atoms with Crippen LogP contribution >= 0.6 is 0 Å². The molecule has 5 nitrogen and oxygen atoms in total. The molecule has 0 saturated carbocycles. The molecule has 0 aliphatic carbocycles. The van der Waals surface area contributed by atoms with Crippen LogP contribution in [0.4, 0.5) is 5.82 Å². The molecule has 1 rings (SSSR count). The first-order valence-electron chi connectivity index (χ1n) is 7.16. The fraction of sp³-hybridized carbons (Fsp3) is 0.733. The summed E-state index contributed by atoms with van der Waals surface area (Å²) in [4.78, 5) is 2.19. The van der Waals surface area contributed by atoms with Crippen molar-refractivity contribution in [3.63, 3.8) is 0 Å². The van der Waals surface area contributed by atoms with Gasteiger partial charge in [0.15, 0.2) is 5.82 Å². The van der Waals surface area contributed by atoms with E-state index in [1.807, 2.05) is 12.1 Å². The molecule has 5 heteroatoms. The number of nitrogens with one attached hydrogen (secondary N) is 1. The van der Waals surface area contributed by atoms with Crippen LogP contribution < -0.4 is 10.2 Å². The number of hydrogen-bond acceptors (Lipinski definition) is 5. The monoisotopic (exact) mass is 280 g/mol. The van der Waals surface area contributed by atoms with E-state index in [9.17, 15) is 0 Å². The number of rotatable bonds is 7. The van der Waals surface area contributed by atoms with Crippen LogP contribution in [0, 0.1) is 0 Å². The van der Waals surface area contributed by atoms with Crippen molar-refractivity contribution in [2.75, 3.05) is 25.2 Å². The summed E-state index contributed by atoms with van der Waals surface area (Å²) >= 11 is 0. The third kappa shape index (κ3) is 5.84. The number of methoxy groups -OCH3 is 1. The van der Waals surface area contributed by atoms with Crippen molar-refractivity contribution in [1.82, 2.24) is 15.5 Å². The first-order chi connectivity index (χ1) is 9.33. The molecule has 1 N–H and O–H groups in total. The van der Waals surface area contributed by atoms with E-state index in [-0.39, 0.29) is 5.54 Å². The molecule has 0 fully saturated rings. The van der Waals surface area contributed by atoms with E-state index in [2.05, 4.69) is 55.0 Å². The van der Waals surface area contributed by atoms with Crippen LogP contribution in [-0.4, -0.2) is 42.0 Å². The van der Waals surface area contributed by atoms with Crippen LogP contribution in [0.3, 0.4) is 0 Å².